The van der Waals surface area contributed by atoms with Gasteiger partial charge in [-0.1, -0.05) is 62.8 Å². The summed E-state index contributed by atoms with van der Waals surface area (Å²) in [4.78, 5) is 69.6. The number of aliphatic hydroxyl groups is 1. The number of esters is 2. The molecule has 4 N–H and O–H groups in total. The zero-order chi connectivity index (χ0) is 43.1. The maximum Gasteiger partial charge on any atom is 0.338 e. The van der Waals surface area contributed by atoms with Gasteiger partial charge >= 0.3 is 11.9 Å². The standard InChI is InChI=1S/C50H53N3O8/c1-29-22-41-40-15-13-36-24-38(54)16-19-49(36,2)45(40)42(55)25-50(41,3)44(29)43(56)28-61-48(59)33-10-8-32(9-11-33)47(58)60-27-30-4-6-31(7-5-30)39(17-20-51)46(57)53-37-14-12-35-26-52-21-18-34(35)23-37/h4-12,14,16,18-19,21,23-24,26,29,39-42,44-45,55H,13,15,17,20,22,25,27-28,51H2,1-3H3,(H,53,57)/t29-,39?,40+,41?,42+,44-,45?,49+,50+/m1/s1. The van der Waals surface area contributed by atoms with E-state index in [1.54, 1.807) is 24.5 Å². The van der Waals surface area contributed by atoms with Crippen molar-refractivity contribution in [3.05, 3.63) is 131 Å². The van der Waals surface area contributed by atoms with Crippen LogP contribution in [0, 0.1) is 40.4 Å². The molecule has 4 aliphatic rings. The molecule has 0 saturated heterocycles. The van der Waals surface area contributed by atoms with Gasteiger partial charge in [0, 0.05) is 40.7 Å². The molecule has 1 heterocycles. The van der Waals surface area contributed by atoms with Crippen LogP contribution in [0.3, 0.4) is 0 Å². The molecule has 0 radical (unpaired) electrons. The van der Waals surface area contributed by atoms with Crippen LogP contribution in [0.1, 0.15) is 90.6 Å². The summed E-state index contributed by atoms with van der Waals surface area (Å²) in [6.45, 7) is 6.29. The van der Waals surface area contributed by atoms with Gasteiger partial charge in [-0.2, -0.15) is 0 Å². The highest BCUT2D eigenvalue weighted by Crippen LogP contribution is 2.67. The van der Waals surface area contributed by atoms with Crippen LogP contribution in [-0.2, 0) is 30.5 Å². The number of ether oxygens (including phenoxy) is 2. The van der Waals surface area contributed by atoms with Crippen molar-refractivity contribution in [2.45, 2.75) is 71.5 Å². The van der Waals surface area contributed by atoms with E-state index in [0.717, 1.165) is 46.7 Å². The molecule has 0 bridgehead atoms. The lowest BCUT2D eigenvalue weighted by Gasteiger charge is -2.58. The van der Waals surface area contributed by atoms with E-state index in [0.29, 0.717) is 25.1 Å². The molecule has 3 unspecified atom stereocenters. The van der Waals surface area contributed by atoms with E-state index in [1.807, 2.05) is 54.6 Å². The predicted molar refractivity (Wildman–Crippen MR) is 230 cm³/mol. The minimum absolute atomic E-state index is 0.00116. The first kappa shape index (κ1) is 41.9. The Morgan fingerprint density at radius 2 is 1.67 bits per heavy atom. The molecule has 1 aromatic heterocycles. The molecule has 0 spiro atoms. The molecule has 3 fully saturated rings. The molecule has 3 aromatic carbocycles. The lowest BCUT2D eigenvalue weighted by Crippen LogP contribution is -2.56. The monoisotopic (exact) mass is 823 g/mol. The number of ketones is 2. The number of nitrogens with one attached hydrogen (secondary N) is 1. The van der Waals surface area contributed by atoms with E-state index in [2.05, 4.69) is 31.1 Å². The smallest absolute Gasteiger partial charge is 0.338 e. The van der Waals surface area contributed by atoms with Gasteiger partial charge in [0.15, 0.2) is 18.2 Å². The number of Topliss-reactive ketones (excluding diaryl/α,β-unsaturated/α-hetero) is 1. The van der Waals surface area contributed by atoms with Crippen LogP contribution in [0.4, 0.5) is 5.69 Å². The van der Waals surface area contributed by atoms with Crippen molar-refractivity contribution < 1.29 is 38.6 Å². The van der Waals surface area contributed by atoms with Crippen molar-refractivity contribution in [1.29, 1.82) is 0 Å². The maximum absolute atomic E-state index is 13.9. The zero-order valence-electron chi connectivity index (χ0n) is 34.8. The number of hydrogen-bond acceptors (Lipinski definition) is 10. The normalized spacial score (nSPS) is 28.1. The average molecular weight is 824 g/mol. The molecule has 4 aromatic rings. The summed E-state index contributed by atoms with van der Waals surface area (Å²) < 4.78 is 11.1. The highest BCUT2D eigenvalue weighted by molar-refractivity contribution is 6.01. The fourth-order valence-corrected chi connectivity index (χ4v) is 11.5. The number of hydrogen-bond donors (Lipinski definition) is 3. The number of anilines is 1. The van der Waals surface area contributed by atoms with Gasteiger partial charge in [-0.05, 0) is 133 Å². The minimum Gasteiger partial charge on any atom is -0.457 e. The fraction of sp³-hybridized carbons (Fsp3) is 0.400. The number of amides is 1. The van der Waals surface area contributed by atoms with Crippen molar-refractivity contribution in [2.24, 2.45) is 46.2 Å². The van der Waals surface area contributed by atoms with Crippen molar-refractivity contribution in [2.75, 3.05) is 18.5 Å². The first-order valence-electron chi connectivity index (χ1n) is 21.3. The van der Waals surface area contributed by atoms with Crippen LogP contribution >= 0.6 is 0 Å². The lowest BCUT2D eigenvalue weighted by atomic mass is 9.46. The van der Waals surface area contributed by atoms with Gasteiger partial charge in [0.2, 0.25) is 5.91 Å². The number of aromatic nitrogens is 1. The van der Waals surface area contributed by atoms with E-state index in [-0.39, 0.29) is 76.8 Å². The first-order valence-corrected chi connectivity index (χ1v) is 21.3. The van der Waals surface area contributed by atoms with Crippen LogP contribution < -0.4 is 11.1 Å². The van der Waals surface area contributed by atoms with Crippen molar-refractivity contribution in [3.63, 3.8) is 0 Å². The van der Waals surface area contributed by atoms with Crippen LogP contribution in [0.5, 0.6) is 0 Å². The second kappa shape index (κ2) is 16.9. The van der Waals surface area contributed by atoms with Crippen LogP contribution in [0.25, 0.3) is 10.8 Å². The molecular formula is C50H53N3O8. The predicted octanol–water partition coefficient (Wildman–Crippen LogP) is 7.53. The van der Waals surface area contributed by atoms with Gasteiger partial charge in [0.1, 0.15) is 6.61 Å². The van der Waals surface area contributed by atoms with Crippen LogP contribution in [0.2, 0.25) is 0 Å². The molecule has 8 rings (SSSR count). The Kier molecular flexibility index (Phi) is 11.6. The van der Waals surface area contributed by atoms with Gasteiger partial charge in [-0.25, -0.2) is 9.59 Å². The number of benzene rings is 3. The van der Waals surface area contributed by atoms with Gasteiger partial charge in [-0.15, -0.1) is 0 Å². The third-order valence-corrected chi connectivity index (χ3v) is 14.3. The van der Waals surface area contributed by atoms with Crippen molar-refractivity contribution >= 4 is 45.9 Å². The SMILES string of the molecule is C[C@@H]1CC2[C@@H]3CCC4=CC(=O)C=C[C@]4(C)C3[C@@H](O)C[C@]2(C)[C@H]1C(=O)COC(=O)c1ccc(C(=O)OCc2ccc(C(CCN)C(=O)Nc3ccc4cnccc4c3)cc2)cc1. The quantitative estimate of drug-likeness (QED) is 0.121. The van der Waals surface area contributed by atoms with Crippen LogP contribution in [0.15, 0.2) is 109 Å². The second-order valence-electron chi connectivity index (χ2n) is 18.0. The summed E-state index contributed by atoms with van der Waals surface area (Å²) in [6, 6.07) is 20.8. The molecule has 61 heavy (non-hydrogen) atoms. The summed E-state index contributed by atoms with van der Waals surface area (Å²) in [7, 11) is 0. The maximum atomic E-state index is 13.9. The Morgan fingerprint density at radius 3 is 2.39 bits per heavy atom. The molecule has 11 nitrogen and oxygen atoms in total. The number of pyridine rings is 1. The number of nitrogens with two attached hydrogens (primary N) is 1. The Balaban J connectivity index is 0.833. The Labute approximate surface area is 355 Å². The van der Waals surface area contributed by atoms with Crippen LogP contribution in [-0.4, -0.2) is 58.8 Å². The number of nitrogens with zero attached hydrogens (tertiary/aromatic N) is 1. The largest absolute Gasteiger partial charge is 0.457 e. The summed E-state index contributed by atoms with van der Waals surface area (Å²) >= 11 is 0. The van der Waals surface area contributed by atoms with Gasteiger partial charge in [0.25, 0.3) is 0 Å². The topological polar surface area (TPSA) is 175 Å². The van der Waals surface area contributed by atoms with E-state index < -0.39 is 29.4 Å². The second-order valence-corrected chi connectivity index (χ2v) is 18.0. The number of fused-ring (bicyclic) bond motifs is 6. The fourth-order valence-electron chi connectivity index (χ4n) is 11.5. The van der Waals surface area contributed by atoms with E-state index in [1.165, 1.54) is 24.3 Å². The molecule has 4 aliphatic carbocycles. The highest BCUT2D eigenvalue weighted by Gasteiger charge is 2.64. The number of rotatable bonds is 12. The van der Waals surface area contributed by atoms with Gasteiger partial charge in [-0.3, -0.25) is 19.4 Å². The molecule has 316 valence electrons. The third kappa shape index (κ3) is 8.09. The number of allylic oxidation sites excluding steroid dienone is 4. The summed E-state index contributed by atoms with van der Waals surface area (Å²) in [5.74, 6) is -1.93. The van der Waals surface area contributed by atoms with Crippen molar-refractivity contribution in [3.8, 4) is 0 Å². The number of carbonyl (C=O) groups excluding carboxylic acids is 5. The minimum atomic E-state index is -0.668. The molecular weight excluding hydrogens is 771 g/mol. The molecule has 1 amide bonds. The molecule has 9 atom stereocenters. The summed E-state index contributed by atoms with van der Waals surface area (Å²) in [5, 5.41) is 16.7. The molecule has 0 aliphatic heterocycles. The van der Waals surface area contributed by atoms with E-state index in [4.69, 9.17) is 15.2 Å². The number of carbonyl (C=O) groups is 5. The summed E-state index contributed by atoms with van der Waals surface area (Å²) in [5.41, 5.74) is 8.80. The third-order valence-electron chi connectivity index (χ3n) is 14.3. The van der Waals surface area contributed by atoms with Gasteiger partial charge < -0.3 is 25.6 Å². The Hall–Kier alpha value is -5.78. The lowest BCUT2D eigenvalue weighted by molar-refractivity contribution is -0.142. The average Bonchev–Trinajstić information content (AvgIpc) is 3.53. The van der Waals surface area contributed by atoms with E-state index >= 15 is 0 Å². The Morgan fingerprint density at radius 1 is 0.951 bits per heavy atom. The zero-order valence-corrected chi connectivity index (χ0v) is 34.8. The summed E-state index contributed by atoms with van der Waals surface area (Å²) in [6.07, 6.45) is 11.7. The number of aliphatic hydroxyl groups excluding tert-OH is 1. The first-order chi connectivity index (χ1) is 29.3. The van der Waals surface area contributed by atoms with Crippen molar-refractivity contribution in [1.82, 2.24) is 4.98 Å². The Bertz CT molecular complexity index is 2430. The molecule has 11 heteroatoms. The van der Waals surface area contributed by atoms with Gasteiger partial charge in [0.05, 0.1) is 23.1 Å². The van der Waals surface area contributed by atoms with E-state index in [9.17, 15) is 29.1 Å². The highest BCUT2D eigenvalue weighted by atomic mass is 16.5. The molecule has 3 saturated carbocycles.